The molecule has 3 aromatic carbocycles. The van der Waals surface area contributed by atoms with E-state index in [4.69, 9.17) is 9.47 Å². The Hall–Kier alpha value is -3.80. The summed E-state index contributed by atoms with van der Waals surface area (Å²) in [6.45, 7) is 3.30. The van der Waals surface area contributed by atoms with Gasteiger partial charge in [0.25, 0.3) is 15.9 Å². The van der Waals surface area contributed by atoms with Crippen LogP contribution >= 0.6 is 0 Å². The van der Waals surface area contributed by atoms with Crippen molar-refractivity contribution >= 4 is 27.3 Å². The quantitative estimate of drug-likeness (QED) is 0.366. The summed E-state index contributed by atoms with van der Waals surface area (Å²) in [6.07, 6.45) is -4.91. The molecule has 0 aliphatic rings. The predicted octanol–water partition coefficient (Wildman–Crippen LogP) is 5.37. The van der Waals surface area contributed by atoms with Gasteiger partial charge in [0.15, 0.2) is 6.61 Å². The molecule has 0 heterocycles. The highest BCUT2D eigenvalue weighted by molar-refractivity contribution is 7.92. The molecule has 0 unspecified atom stereocenters. The van der Waals surface area contributed by atoms with Gasteiger partial charge in [-0.05, 0) is 80.1 Å². The van der Waals surface area contributed by atoms with Crippen LogP contribution in [0.15, 0.2) is 65.6 Å². The fourth-order valence-electron chi connectivity index (χ4n) is 3.11. The third kappa shape index (κ3) is 6.87. The van der Waals surface area contributed by atoms with Crippen molar-refractivity contribution in [1.29, 1.82) is 0 Å². The Kier molecular flexibility index (Phi) is 8.08. The highest BCUT2D eigenvalue weighted by atomic mass is 32.2. The molecule has 0 saturated heterocycles. The van der Waals surface area contributed by atoms with Crippen LogP contribution in [-0.2, 0) is 21.0 Å². The minimum atomic E-state index is -4.91. The van der Waals surface area contributed by atoms with Gasteiger partial charge >= 0.3 is 6.18 Å². The van der Waals surface area contributed by atoms with E-state index in [0.717, 1.165) is 6.07 Å². The smallest absolute Gasteiger partial charge is 0.419 e. The lowest BCUT2D eigenvalue weighted by Crippen LogP contribution is -2.21. The van der Waals surface area contributed by atoms with E-state index < -0.39 is 40.1 Å². The van der Waals surface area contributed by atoms with Crippen molar-refractivity contribution < 1.29 is 40.2 Å². The molecular formula is C24H22F4N2O5S. The number of ether oxygens (including phenoxy) is 2. The number of nitrogens with one attached hydrogen (secondary N) is 2. The van der Waals surface area contributed by atoms with Crippen molar-refractivity contribution in [3.63, 3.8) is 0 Å². The monoisotopic (exact) mass is 526 g/mol. The summed E-state index contributed by atoms with van der Waals surface area (Å²) in [7, 11) is -3.92. The molecule has 0 spiro atoms. The molecule has 192 valence electrons. The molecule has 7 nitrogen and oxygen atoms in total. The first-order valence-electron chi connectivity index (χ1n) is 10.5. The molecule has 2 N–H and O–H groups in total. The Morgan fingerprint density at radius 2 is 1.61 bits per heavy atom. The third-order valence-electron chi connectivity index (χ3n) is 4.79. The van der Waals surface area contributed by atoms with Gasteiger partial charge in [0.05, 0.1) is 17.1 Å². The molecule has 12 heteroatoms. The SMILES string of the molecule is CCOc1ccc(NS(=O)(=O)c2ccc(OCC(=O)Nc3ccc(F)c(C(F)(F)F)c3)c(C)c2)cc1. The molecule has 0 fully saturated rings. The van der Waals surface area contributed by atoms with Crippen molar-refractivity contribution in [2.45, 2.75) is 24.9 Å². The minimum Gasteiger partial charge on any atom is -0.494 e. The normalized spacial score (nSPS) is 11.6. The zero-order valence-electron chi connectivity index (χ0n) is 19.1. The van der Waals surface area contributed by atoms with E-state index in [-0.39, 0.29) is 16.3 Å². The van der Waals surface area contributed by atoms with Crippen molar-refractivity contribution in [2.24, 2.45) is 0 Å². The van der Waals surface area contributed by atoms with Crippen LogP contribution in [0, 0.1) is 12.7 Å². The fraction of sp³-hybridized carbons (Fsp3) is 0.208. The van der Waals surface area contributed by atoms with Gasteiger partial charge in [-0.2, -0.15) is 13.2 Å². The number of halogens is 4. The fourth-order valence-corrected chi connectivity index (χ4v) is 4.25. The maximum atomic E-state index is 13.4. The molecule has 0 aliphatic heterocycles. The molecule has 36 heavy (non-hydrogen) atoms. The lowest BCUT2D eigenvalue weighted by atomic mass is 10.2. The number of anilines is 2. The van der Waals surface area contributed by atoms with Gasteiger partial charge in [0.2, 0.25) is 0 Å². The number of sulfonamides is 1. The van der Waals surface area contributed by atoms with Crippen LogP contribution in [0.3, 0.4) is 0 Å². The number of benzene rings is 3. The second kappa shape index (κ2) is 10.9. The number of alkyl halides is 3. The summed E-state index contributed by atoms with van der Waals surface area (Å²) in [5.74, 6) is -1.45. The van der Waals surface area contributed by atoms with Crippen LogP contribution in [0.25, 0.3) is 0 Å². The maximum Gasteiger partial charge on any atom is 0.419 e. The number of carbonyl (C=O) groups excluding carboxylic acids is 1. The number of hydrogen-bond acceptors (Lipinski definition) is 5. The van der Waals surface area contributed by atoms with Gasteiger partial charge in [-0.3, -0.25) is 9.52 Å². The zero-order valence-corrected chi connectivity index (χ0v) is 20.0. The molecule has 1 amide bonds. The number of rotatable bonds is 9. The van der Waals surface area contributed by atoms with Gasteiger partial charge in [-0.1, -0.05) is 0 Å². The first kappa shape index (κ1) is 26.8. The molecule has 0 atom stereocenters. The average molecular weight is 527 g/mol. The van der Waals surface area contributed by atoms with Crippen LogP contribution in [0.2, 0.25) is 0 Å². The van der Waals surface area contributed by atoms with Crippen LogP contribution in [0.4, 0.5) is 28.9 Å². The second-order valence-corrected chi connectivity index (χ2v) is 9.20. The van der Waals surface area contributed by atoms with Crippen LogP contribution in [-0.4, -0.2) is 27.5 Å². The highest BCUT2D eigenvalue weighted by Crippen LogP contribution is 2.33. The van der Waals surface area contributed by atoms with E-state index in [2.05, 4.69) is 10.0 Å². The van der Waals surface area contributed by atoms with Crippen LogP contribution < -0.4 is 19.5 Å². The number of aryl methyl sites for hydroxylation is 1. The summed E-state index contributed by atoms with van der Waals surface area (Å²) >= 11 is 0. The summed E-state index contributed by atoms with van der Waals surface area (Å²) in [5, 5.41) is 2.20. The van der Waals surface area contributed by atoms with Crippen LogP contribution in [0.5, 0.6) is 11.5 Å². The largest absolute Gasteiger partial charge is 0.494 e. The van der Waals surface area contributed by atoms with Crippen molar-refractivity contribution in [3.05, 3.63) is 77.6 Å². The van der Waals surface area contributed by atoms with E-state index in [1.165, 1.54) is 18.2 Å². The molecule has 3 aromatic rings. The Morgan fingerprint density at radius 1 is 0.944 bits per heavy atom. The van der Waals surface area contributed by atoms with Crippen molar-refractivity contribution in [1.82, 2.24) is 0 Å². The first-order chi connectivity index (χ1) is 16.9. The van der Waals surface area contributed by atoms with E-state index in [1.54, 1.807) is 31.2 Å². The van der Waals surface area contributed by atoms with Crippen molar-refractivity contribution in [2.75, 3.05) is 23.3 Å². The van der Waals surface area contributed by atoms with E-state index in [0.29, 0.717) is 35.7 Å². The lowest BCUT2D eigenvalue weighted by Gasteiger charge is -2.13. The minimum absolute atomic E-state index is 0.0447. The summed E-state index contributed by atoms with van der Waals surface area (Å²) in [4.78, 5) is 12.1. The van der Waals surface area contributed by atoms with E-state index in [9.17, 15) is 30.8 Å². The Labute approximate surface area is 205 Å². The standard InChI is InChI=1S/C24H22F4N2O5S/c1-3-34-18-7-4-16(5-8-18)30-36(32,33)19-9-11-22(15(2)12-19)35-14-23(31)29-17-6-10-21(25)20(13-17)24(26,27)28/h4-13,30H,3,14H2,1-2H3,(H,29,31). The van der Waals surface area contributed by atoms with E-state index in [1.807, 2.05) is 6.92 Å². The second-order valence-electron chi connectivity index (χ2n) is 7.52. The average Bonchev–Trinajstić information content (AvgIpc) is 2.80. The van der Waals surface area contributed by atoms with Gasteiger partial charge in [0, 0.05) is 11.4 Å². The lowest BCUT2D eigenvalue weighted by molar-refractivity contribution is -0.140. The molecular weight excluding hydrogens is 504 g/mol. The first-order valence-corrected chi connectivity index (χ1v) is 12.0. The van der Waals surface area contributed by atoms with Gasteiger partial charge in [0.1, 0.15) is 17.3 Å². The molecule has 3 rings (SSSR count). The summed E-state index contributed by atoms with van der Waals surface area (Å²) in [5.41, 5.74) is -1.02. The Balaban J connectivity index is 1.63. The van der Waals surface area contributed by atoms with Gasteiger partial charge in [-0.15, -0.1) is 0 Å². The molecule has 0 radical (unpaired) electrons. The molecule has 0 saturated carbocycles. The zero-order chi connectivity index (χ0) is 26.5. The summed E-state index contributed by atoms with van der Waals surface area (Å²) < 4.78 is 90.5. The van der Waals surface area contributed by atoms with Gasteiger partial charge < -0.3 is 14.8 Å². The Morgan fingerprint density at radius 3 is 2.22 bits per heavy atom. The highest BCUT2D eigenvalue weighted by Gasteiger charge is 2.34. The van der Waals surface area contributed by atoms with Crippen molar-refractivity contribution in [3.8, 4) is 11.5 Å². The Bertz CT molecular complexity index is 1340. The molecule has 0 aliphatic carbocycles. The molecule has 0 bridgehead atoms. The topological polar surface area (TPSA) is 93.7 Å². The number of carbonyl (C=O) groups is 1. The molecule has 0 aromatic heterocycles. The number of amides is 1. The maximum absolute atomic E-state index is 13.4. The summed E-state index contributed by atoms with van der Waals surface area (Å²) in [6, 6.07) is 12.4. The number of hydrogen-bond donors (Lipinski definition) is 2. The van der Waals surface area contributed by atoms with Crippen LogP contribution in [0.1, 0.15) is 18.1 Å². The predicted molar refractivity (Wildman–Crippen MR) is 125 cm³/mol. The van der Waals surface area contributed by atoms with E-state index >= 15 is 0 Å². The van der Waals surface area contributed by atoms with Gasteiger partial charge in [-0.25, -0.2) is 12.8 Å². The third-order valence-corrected chi connectivity index (χ3v) is 6.17.